The van der Waals surface area contributed by atoms with E-state index in [0.29, 0.717) is 0 Å². The van der Waals surface area contributed by atoms with E-state index in [4.69, 9.17) is 5.11 Å². The molecule has 9 heteroatoms. The molecular formula is C11H16N4O5. The number of aromatic amines is 1. The highest BCUT2D eigenvalue weighted by Crippen LogP contribution is 2.02. The lowest BCUT2D eigenvalue weighted by atomic mass is 10.2. The number of esters is 1. The summed E-state index contributed by atoms with van der Waals surface area (Å²) in [6.45, 7) is 0.257. The number of ether oxygens (including phenoxy) is 1. The van der Waals surface area contributed by atoms with Crippen molar-refractivity contribution in [2.24, 2.45) is 0 Å². The monoisotopic (exact) mass is 284 g/mol. The quantitative estimate of drug-likeness (QED) is 0.609. The average molecular weight is 284 g/mol. The van der Waals surface area contributed by atoms with Gasteiger partial charge in [0.15, 0.2) is 0 Å². The number of hydrogen-bond acceptors (Lipinski definition) is 5. The zero-order chi connectivity index (χ0) is 15.1. The lowest BCUT2D eigenvalue weighted by Crippen LogP contribution is -2.47. The van der Waals surface area contributed by atoms with Gasteiger partial charge in [-0.2, -0.15) is 5.10 Å². The third-order valence-electron chi connectivity index (χ3n) is 2.52. The lowest BCUT2D eigenvalue weighted by Gasteiger charge is -2.20. The van der Waals surface area contributed by atoms with Crippen LogP contribution in [0.1, 0.15) is 12.0 Å². The highest BCUT2D eigenvalue weighted by Gasteiger charge is 2.25. The second-order valence-electron chi connectivity index (χ2n) is 4.08. The van der Waals surface area contributed by atoms with Gasteiger partial charge in [0.05, 0.1) is 26.3 Å². The summed E-state index contributed by atoms with van der Waals surface area (Å²) in [5.41, 5.74) is 0.766. The second-order valence-corrected chi connectivity index (χ2v) is 4.08. The fraction of sp³-hybridized carbons (Fsp3) is 0.455. The molecule has 0 aliphatic carbocycles. The van der Waals surface area contributed by atoms with Gasteiger partial charge < -0.3 is 20.1 Å². The standard InChI is InChI=1S/C11H16N4O5/c1-15(6-7-4-12-13-5-7)11(19)14-8(10(17)18)3-9(16)20-2/h4-5,8H,3,6H2,1-2H3,(H,12,13)(H,14,19)(H,17,18)/t8-/m0/s1. The van der Waals surface area contributed by atoms with Gasteiger partial charge >= 0.3 is 18.0 Å². The number of rotatable bonds is 6. The van der Waals surface area contributed by atoms with Gasteiger partial charge in [-0.15, -0.1) is 0 Å². The maximum Gasteiger partial charge on any atom is 0.326 e. The SMILES string of the molecule is COC(=O)C[C@H](NC(=O)N(C)Cc1cn[nH]c1)C(=O)O. The Morgan fingerprint density at radius 1 is 1.55 bits per heavy atom. The van der Waals surface area contributed by atoms with Crippen LogP contribution in [0.4, 0.5) is 4.79 Å². The van der Waals surface area contributed by atoms with Crippen LogP contribution in [0.15, 0.2) is 12.4 Å². The molecule has 0 spiro atoms. The van der Waals surface area contributed by atoms with E-state index in [-0.39, 0.29) is 6.54 Å². The van der Waals surface area contributed by atoms with Crippen molar-refractivity contribution in [3.63, 3.8) is 0 Å². The van der Waals surface area contributed by atoms with Crippen LogP contribution in [0, 0.1) is 0 Å². The van der Waals surface area contributed by atoms with E-state index in [2.05, 4.69) is 20.3 Å². The number of aliphatic carboxylic acids is 1. The van der Waals surface area contributed by atoms with Crippen LogP contribution in [0.5, 0.6) is 0 Å². The van der Waals surface area contributed by atoms with Crippen molar-refractivity contribution in [1.82, 2.24) is 20.4 Å². The third kappa shape index (κ3) is 4.59. The summed E-state index contributed by atoms with van der Waals surface area (Å²) < 4.78 is 4.38. The van der Waals surface area contributed by atoms with Crippen molar-refractivity contribution in [3.8, 4) is 0 Å². The number of hydrogen-bond donors (Lipinski definition) is 3. The van der Waals surface area contributed by atoms with E-state index < -0.39 is 30.4 Å². The zero-order valence-electron chi connectivity index (χ0n) is 11.1. The molecule has 0 aliphatic heterocycles. The first-order valence-corrected chi connectivity index (χ1v) is 5.73. The average Bonchev–Trinajstić information content (AvgIpc) is 2.90. The first-order chi connectivity index (χ1) is 9.43. The van der Waals surface area contributed by atoms with Gasteiger partial charge in [0, 0.05) is 18.8 Å². The third-order valence-corrected chi connectivity index (χ3v) is 2.52. The van der Waals surface area contributed by atoms with Crippen LogP contribution in [0.25, 0.3) is 0 Å². The van der Waals surface area contributed by atoms with E-state index in [0.717, 1.165) is 12.7 Å². The van der Waals surface area contributed by atoms with E-state index in [9.17, 15) is 14.4 Å². The topological polar surface area (TPSA) is 125 Å². The summed E-state index contributed by atoms with van der Waals surface area (Å²) in [6, 6.07) is -1.94. The van der Waals surface area contributed by atoms with Gasteiger partial charge in [0.25, 0.3) is 0 Å². The predicted octanol–water partition coefficient (Wildman–Crippen LogP) is -0.433. The molecule has 0 bridgehead atoms. The van der Waals surface area contributed by atoms with Crippen molar-refractivity contribution in [2.75, 3.05) is 14.2 Å². The number of carboxylic acids is 1. The number of H-pyrrole nitrogens is 1. The Morgan fingerprint density at radius 3 is 2.75 bits per heavy atom. The zero-order valence-corrected chi connectivity index (χ0v) is 11.1. The summed E-state index contributed by atoms with van der Waals surface area (Å²) in [5.74, 6) is -2.02. The highest BCUT2D eigenvalue weighted by molar-refractivity contribution is 5.86. The number of nitrogens with one attached hydrogen (secondary N) is 2. The van der Waals surface area contributed by atoms with Crippen LogP contribution in [0.2, 0.25) is 0 Å². The molecule has 1 rings (SSSR count). The Hall–Kier alpha value is -2.58. The first-order valence-electron chi connectivity index (χ1n) is 5.73. The largest absolute Gasteiger partial charge is 0.480 e. The maximum atomic E-state index is 11.8. The number of aromatic nitrogens is 2. The maximum absolute atomic E-state index is 11.8. The molecule has 1 aromatic heterocycles. The van der Waals surface area contributed by atoms with E-state index in [1.807, 2.05) is 0 Å². The molecule has 3 N–H and O–H groups in total. The van der Waals surface area contributed by atoms with Gasteiger partial charge in [-0.05, 0) is 0 Å². The van der Waals surface area contributed by atoms with Crippen LogP contribution in [0.3, 0.4) is 0 Å². The van der Waals surface area contributed by atoms with E-state index in [1.54, 1.807) is 12.4 Å². The predicted molar refractivity (Wildman–Crippen MR) is 66.6 cm³/mol. The normalized spacial score (nSPS) is 11.5. The van der Waals surface area contributed by atoms with E-state index >= 15 is 0 Å². The minimum absolute atomic E-state index is 0.257. The van der Waals surface area contributed by atoms with Crippen LogP contribution >= 0.6 is 0 Å². The molecule has 0 saturated carbocycles. The molecule has 0 unspecified atom stereocenters. The van der Waals surface area contributed by atoms with Crippen molar-refractivity contribution in [3.05, 3.63) is 18.0 Å². The van der Waals surface area contributed by atoms with Gasteiger partial charge in [0.1, 0.15) is 6.04 Å². The summed E-state index contributed by atoms with van der Waals surface area (Å²) in [5, 5.41) is 17.5. The van der Waals surface area contributed by atoms with E-state index in [1.165, 1.54) is 11.9 Å². The summed E-state index contributed by atoms with van der Waals surface area (Å²) in [7, 11) is 2.65. The van der Waals surface area contributed by atoms with Crippen molar-refractivity contribution in [2.45, 2.75) is 19.0 Å². The van der Waals surface area contributed by atoms with Gasteiger partial charge in [-0.3, -0.25) is 9.89 Å². The number of carboxylic acid groups (broad SMARTS) is 1. The minimum Gasteiger partial charge on any atom is -0.480 e. The molecule has 20 heavy (non-hydrogen) atoms. The molecule has 0 saturated heterocycles. The molecule has 110 valence electrons. The Balaban J connectivity index is 2.56. The summed E-state index contributed by atoms with van der Waals surface area (Å²) in [6.07, 6.45) is 2.73. The number of urea groups is 1. The molecule has 0 aromatic carbocycles. The number of nitrogens with zero attached hydrogens (tertiary/aromatic N) is 2. The van der Waals surface area contributed by atoms with Crippen molar-refractivity contribution in [1.29, 1.82) is 0 Å². The fourth-order valence-electron chi connectivity index (χ4n) is 1.42. The molecule has 0 aliphatic rings. The molecular weight excluding hydrogens is 268 g/mol. The van der Waals surface area contributed by atoms with Gasteiger partial charge in [-0.25, -0.2) is 9.59 Å². The Bertz CT molecular complexity index is 473. The Labute approximate surface area is 114 Å². The fourth-order valence-corrected chi connectivity index (χ4v) is 1.42. The first kappa shape index (κ1) is 15.5. The molecule has 9 nitrogen and oxygen atoms in total. The highest BCUT2D eigenvalue weighted by atomic mass is 16.5. The van der Waals surface area contributed by atoms with Crippen molar-refractivity contribution < 1.29 is 24.2 Å². The number of carbonyl (C=O) groups excluding carboxylic acids is 2. The molecule has 0 radical (unpaired) electrons. The summed E-state index contributed by atoms with van der Waals surface area (Å²) >= 11 is 0. The summed E-state index contributed by atoms with van der Waals surface area (Å²) in [4.78, 5) is 35.1. The Morgan fingerprint density at radius 2 is 2.25 bits per heavy atom. The number of amides is 2. The lowest BCUT2D eigenvalue weighted by molar-refractivity contribution is -0.147. The number of carbonyl (C=O) groups is 3. The number of methoxy groups -OCH3 is 1. The van der Waals surface area contributed by atoms with Crippen LogP contribution in [-0.2, 0) is 20.9 Å². The Kier molecular flexibility index (Phi) is 5.51. The van der Waals surface area contributed by atoms with Crippen LogP contribution in [-0.4, -0.2) is 58.4 Å². The van der Waals surface area contributed by atoms with Crippen molar-refractivity contribution >= 4 is 18.0 Å². The molecule has 0 fully saturated rings. The van der Waals surface area contributed by atoms with Gasteiger partial charge in [-0.1, -0.05) is 0 Å². The van der Waals surface area contributed by atoms with Crippen LogP contribution < -0.4 is 5.32 Å². The molecule has 1 heterocycles. The minimum atomic E-state index is -1.33. The molecule has 1 atom stereocenters. The molecule has 2 amide bonds. The smallest absolute Gasteiger partial charge is 0.326 e. The molecule has 1 aromatic rings. The van der Waals surface area contributed by atoms with Gasteiger partial charge in [0.2, 0.25) is 0 Å². The second kappa shape index (κ2) is 7.12.